The molecule has 5 nitrogen and oxygen atoms in total. The summed E-state index contributed by atoms with van der Waals surface area (Å²) < 4.78 is 39.8. The van der Waals surface area contributed by atoms with Gasteiger partial charge in [0.2, 0.25) is 10.0 Å². The van der Waals surface area contributed by atoms with E-state index in [1.807, 2.05) is 0 Å². The highest BCUT2D eigenvalue weighted by Crippen LogP contribution is 2.26. The van der Waals surface area contributed by atoms with Crippen LogP contribution < -0.4 is 4.72 Å². The molecular weight excluding hydrogens is 285 g/mol. The van der Waals surface area contributed by atoms with E-state index in [1.54, 1.807) is 0 Å². The lowest BCUT2D eigenvalue weighted by Gasteiger charge is -2.28. The lowest BCUT2D eigenvalue weighted by molar-refractivity contribution is -0.143. The van der Waals surface area contributed by atoms with E-state index in [2.05, 4.69) is 4.72 Å². The van der Waals surface area contributed by atoms with Crippen LogP contribution in [0.4, 0.5) is 4.39 Å². The van der Waals surface area contributed by atoms with Crippen molar-refractivity contribution in [2.24, 2.45) is 5.92 Å². The molecule has 1 aliphatic rings. The maximum Gasteiger partial charge on any atom is 0.308 e. The third kappa shape index (κ3) is 3.34. The van der Waals surface area contributed by atoms with Gasteiger partial charge in [-0.1, -0.05) is 18.9 Å². The van der Waals surface area contributed by atoms with E-state index in [1.165, 1.54) is 12.1 Å². The summed E-state index contributed by atoms with van der Waals surface area (Å²) in [5, 5.41) is 9.13. The van der Waals surface area contributed by atoms with Crippen molar-refractivity contribution in [2.75, 3.05) is 0 Å². The standard InChI is InChI=1S/C13H16FNO4S/c14-9-4-3-5-10(8-9)20(18,19)15-12-7-2-1-6-11(12)13(16)17/h3-5,8,11-12,15H,1-2,6-7H2,(H,16,17). The van der Waals surface area contributed by atoms with E-state index in [0.29, 0.717) is 12.8 Å². The summed E-state index contributed by atoms with van der Waals surface area (Å²) in [6, 6.07) is 4.01. The SMILES string of the molecule is O=C(O)C1CCCCC1NS(=O)(=O)c1cccc(F)c1. The van der Waals surface area contributed by atoms with Crippen LogP contribution in [0.3, 0.4) is 0 Å². The zero-order valence-corrected chi connectivity index (χ0v) is 11.6. The van der Waals surface area contributed by atoms with Crippen LogP contribution in [0.1, 0.15) is 25.7 Å². The van der Waals surface area contributed by atoms with Crippen LogP contribution in [0.2, 0.25) is 0 Å². The molecule has 7 heteroatoms. The van der Waals surface area contributed by atoms with Crippen molar-refractivity contribution in [1.82, 2.24) is 4.72 Å². The summed E-state index contributed by atoms with van der Waals surface area (Å²) in [6.07, 6.45) is 2.48. The number of rotatable bonds is 4. The predicted octanol–water partition coefficient (Wildman–Crippen LogP) is 1.75. The largest absolute Gasteiger partial charge is 0.481 e. The zero-order chi connectivity index (χ0) is 14.8. The molecule has 2 N–H and O–H groups in total. The molecule has 110 valence electrons. The Bertz CT molecular complexity index is 602. The van der Waals surface area contributed by atoms with E-state index in [-0.39, 0.29) is 4.90 Å². The molecule has 0 saturated heterocycles. The summed E-state index contributed by atoms with van der Waals surface area (Å²) in [4.78, 5) is 11.0. The number of hydrogen-bond donors (Lipinski definition) is 2. The lowest BCUT2D eigenvalue weighted by Crippen LogP contribution is -2.45. The molecule has 1 saturated carbocycles. The van der Waals surface area contributed by atoms with Gasteiger partial charge in [0.15, 0.2) is 0 Å². The molecule has 0 aliphatic heterocycles. The zero-order valence-electron chi connectivity index (χ0n) is 10.8. The van der Waals surface area contributed by atoms with Gasteiger partial charge in [-0.15, -0.1) is 0 Å². The van der Waals surface area contributed by atoms with Crippen molar-refractivity contribution in [3.63, 3.8) is 0 Å². The van der Waals surface area contributed by atoms with Crippen molar-refractivity contribution in [2.45, 2.75) is 36.6 Å². The minimum atomic E-state index is -3.90. The number of carboxylic acids is 1. The monoisotopic (exact) mass is 301 g/mol. The van der Waals surface area contributed by atoms with Gasteiger partial charge in [-0.05, 0) is 31.0 Å². The fraction of sp³-hybridized carbons (Fsp3) is 0.462. The molecule has 1 aromatic rings. The third-order valence-corrected chi connectivity index (χ3v) is 4.98. The number of nitrogens with one attached hydrogen (secondary N) is 1. The van der Waals surface area contributed by atoms with Gasteiger partial charge >= 0.3 is 5.97 Å². The van der Waals surface area contributed by atoms with Gasteiger partial charge in [-0.25, -0.2) is 17.5 Å². The Morgan fingerprint density at radius 3 is 2.65 bits per heavy atom. The van der Waals surface area contributed by atoms with Gasteiger partial charge in [0.05, 0.1) is 10.8 Å². The summed E-state index contributed by atoms with van der Waals surface area (Å²) in [7, 11) is -3.90. The Kier molecular flexibility index (Phi) is 4.39. The number of halogens is 1. The van der Waals surface area contributed by atoms with Crippen molar-refractivity contribution in [1.29, 1.82) is 0 Å². The fourth-order valence-corrected chi connectivity index (χ4v) is 3.81. The molecule has 20 heavy (non-hydrogen) atoms. The van der Waals surface area contributed by atoms with E-state index in [0.717, 1.165) is 25.0 Å². The number of sulfonamides is 1. The Morgan fingerprint density at radius 1 is 1.30 bits per heavy atom. The predicted molar refractivity (Wildman–Crippen MR) is 70.1 cm³/mol. The van der Waals surface area contributed by atoms with Crippen molar-refractivity contribution >= 4 is 16.0 Å². The maximum absolute atomic E-state index is 13.1. The van der Waals surface area contributed by atoms with E-state index < -0.39 is 33.8 Å². The molecule has 1 fully saturated rings. The van der Waals surface area contributed by atoms with Crippen LogP contribution in [0.5, 0.6) is 0 Å². The summed E-state index contributed by atoms with van der Waals surface area (Å²) in [5.41, 5.74) is 0. The van der Waals surface area contributed by atoms with Crippen LogP contribution >= 0.6 is 0 Å². The maximum atomic E-state index is 13.1. The van der Waals surface area contributed by atoms with Gasteiger partial charge in [0.1, 0.15) is 5.82 Å². The molecule has 0 bridgehead atoms. The highest BCUT2D eigenvalue weighted by atomic mass is 32.2. The second-order valence-corrected chi connectivity index (χ2v) is 6.63. The Morgan fingerprint density at radius 2 is 2.00 bits per heavy atom. The van der Waals surface area contributed by atoms with Crippen LogP contribution in [-0.2, 0) is 14.8 Å². The number of carboxylic acid groups (broad SMARTS) is 1. The third-order valence-electron chi connectivity index (χ3n) is 3.50. The first-order chi connectivity index (χ1) is 9.40. The first kappa shape index (κ1) is 14.9. The average molecular weight is 301 g/mol. The van der Waals surface area contributed by atoms with Crippen LogP contribution in [0.25, 0.3) is 0 Å². The van der Waals surface area contributed by atoms with Crippen LogP contribution in [0.15, 0.2) is 29.2 Å². The molecular formula is C13H16FNO4S. The highest BCUT2D eigenvalue weighted by molar-refractivity contribution is 7.89. The highest BCUT2D eigenvalue weighted by Gasteiger charge is 2.33. The summed E-state index contributed by atoms with van der Waals surface area (Å²) in [5.74, 6) is -2.38. The molecule has 2 rings (SSSR count). The molecule has 0 heterocycles. The molecule has 2 unspecified atom stereocenters. The van der Waals surface area contributed by atoms with Crippen molar-refractivity contribution < 1.29 is 22.7 Å². The number of benzene rings is 1. The van der Waals surface area contributed by atoms with Crippen molar-refractivity contribution in [3.8, 4) is 0 Å². The smallest absolute Gasteiger partial charge is 0.308 e. The molecule has 1 aliphatic carbocycles. The van der Waals surface area contributed by atoms with E-state index in [4.69, 9.17) is 5.11 Å². The average Bonchev–Trinajstić information content (AvgIpc) is 2.38. The minimum absolute atomic E-state index is 0.188. The minimum Gasteiger partial charge on any atom is -0.481 e. The lowest BCUT2D eigenvalue weighted by atomic mass is 9.85. The van der Waals surface area contributed by atoms with E-state index in [9.17, 15) is 17.6 Å². The number of hydrogen-bond acceptors (Lipinski definition) is 3. The second-order valence-electron chi connectivity index (χ2n) is 4.91. The fourth-order valence-electron chi connectivity index (χ4n) is 2.47. The normalized spacial score (nSPS) is 23.4. The summed E-state index contributed by atoms with van der Waals surface area (Å²) >= 11 is 0. The quantitative estimate of drug-likeness (QED) is 0.887. The Hall–Kier alpha value is -1.47. The molecule has 0 amide bonds. The molecule has 2 atom stereocenters. The van der Waals surface area contributed by atoms with Crippen molar-refractivity contribution in [3.05, 3.63) is 30.1 Å². The van der Waals surface area contributed by atoms with Gasteiger partial charge in [0.25, 0.3) is 0 Å². The van der Waals surface area contributed by atoms with Gasteiger partial charge in [-0.3, -0.25) is 4.79 Å². The molecule has 0 aromatic heterocycles. The Labute approximate surface area is 116 Å². The Balaban J connectivity index is 2.20. The second kappa shape index (κ2) is 5.88. The van der Waals surface area contributed by atoms with Gasteiger partial charge < -0.3 is 5.11 Å². The molecule has 0 spiro atoms. The van der Waals surface area contributed by atoms with E-state index >= 15 is 0 Å². The number of aliphatic carboxylic acids is 1. The molecule has 0 radical (unpaired) electrons. The van der Waals surface area contributed by atoms with Gasteiger partial charge in [0, 0.05) is 6.04 Å². The topological polar surface area (TPSA) is 83.5 Å². The first-order valence-electron chi connectivity index (χ1n) is 6.41. The summed E-state index contributed by atoms with van der Waals surface area (Å²) in [6.45, 7) is 0. The number of carbonyl (C=O) groups is 1. The van der Waals surface area contributed by atoms with Crippen LogP contribution in [-0.4, -0.2) is 25.5 Å². The first-order valence-corrected chi connectivity index (χ1v) is 7.89. The molecule has 1 aromatic carbocycles. The van der Waals surface area contributed by atoms with Gasteiger partial charge in [-0.2, -0.15) is 0 Å². The van der Waals surface area contributed by atoms with Crippen LogP contribution in [0, 0.1) is 11.7 Å².